The van der Waals surface area contributed by atoms with Crippen molar-refractivity contribution in [2.75, 3.05) is 26.2 Å². The lowest BCUT2D eigenvalue weighted by atomic mass is 10.0. The molecule has 0 saturated carbocycles. The number of nitrogens with zero attached hydrogens (tertiary/aromatic N) is 3. The summed E-state index contributed by atoms with van der Waals surface area (Å²) in [6, 6.07) is 2.38. The van der Waals surface area contributed by atoms with Crippen molar-refractivity contribution in [1.29, 1.82) is 0 Å². The molecule has 1 amide bonds. The van der Waals surface area contributed by atoms with Gasteiger partial charge in [0.05, 0.1) is 5.56 Å². The molecule has 3 rings (SSSR count). The number of carbonyl (C=O) groups is 1. The highest BCUT2D eigenvalue weighted by molar-refractivity contribution is 6.05. The number of hydrogen-bond donors (Lipinski definition) is 1. The van der Waals surface area contributed by atoms with Crippen LogP contribution in [0.5, 0.6) is 0 Å². The predicted molar refractivity (Wildman–Crippen MR) is 95.4 cm³/mol. The summed E-state index contributed by atoms with van der Waals surface area (Å²) in [6.07, 6.45) is 5.40. The van der Waals surface area contributed by atoms with Crippen LogP contribution >= 0.6 is 0 Å². The first-order valence-electron chi connectivity index (χ1n) is 8.76. The van der Waals surface area contributed by atoms with Crippen LogP contribution in [0.4, 0.5) is 0 Å². The van der Waals surface area contributed by atoms with Gasteiger partial charge >= 0.3 is 0 Å². The Labute approximate surface area is 142 Å². The highest BCUT2D eigenvalue weighted by atomic mass is 16.2. The van der Waals surface area contributed by atoms with Crippen LogP contribution in [0.3, 0.4) is 0 Å². The smallest absolute Gasteiger partial charge is 0.274 e. The summed E-state index contributed by atoms with van der Waals surface area (Å²) in [5.41, 5.74) is 1.00. The van der Waals surface area contributed by atoms with E-state index in [4.69, 9.17) is 0 Å². The van der Waals surface area contributed by atoms with E-state index in [1.807, 2.05) is 11.0 Å². The second-order valence-corrected chi connectivity index (χ2v) is 6.47. The monoisotopic (exact) mass is 330 g/mol. The molecule has 0 aromatic carbocycles. The van der Waals surface area contributed by atoms with Gasteiger partial charge in [-0.15, -0.1) is 0 Å². The van der Waals surface area contributed by atoms with E-state index < -0.39 is 0 Å². The van der Waals surface area contributed by atoms with Crippen LogP contribution in [-0.2, 0) is 7.05 Å². The number of aryl methyl sites for hydroxylation is 1. The first kappa shape index (κ1) is 16.8. The lowest BCUT2D eigenvalue weighted by Crippen LogP contribution is -2.46. The zero-order valence-electron chi connectivity index (χ0n) is 14.7. The molecule has 0 bridgehead atoms. The topological polar surface area (TPSA) is 61.3 Å². The standard InChI is InChI=1S/C18H26N4O2/c1-4-21(5-2)13-7-10-22(11-8-13)17(23)15-12-20(3)18(24)16-14(15)6-9-19-16/h6,9,12-13,19H,4-5,7-8,10-11H2,1-3H3. The SMILES string of the molecule is CCN(CC)C1CCN(C(=O)c2cn(C)c(=O)c3[nH]ccc23)CC1. The number of fused-ring (bicyclic) bond motifs is 1. The van der Waals surface area contributed by atoms with Crippen LogP contribution in [0, 0.1) is 0 Å². The van der Waals surface area contributed by atoms with E-state index in [0.29, 0.717) is 22.5 Å². The lowest BCUT2D eigenvalue weighted by Gasteiger charge is -2.37. The third kappa shape index (κ3) is 2.86. The van der Waals surface area contributed by atoms with E-state index in [1.165, 1.54) is 4.57 Å². The summed E-state index contributed by atoms with van der Waals surface area (Å²) in [5.74, 6) is 0.0215. The summed E-state index contributed by atoms with van der Waals surface area (Å²) in [7, 11) is 1.69. The van der Waals surface area contributed by atoms with Crippen molar-refractivity contribution in [2.45, 2.75) is 32.7 Å². The number of pyridine rings is 1. The Hall–Kier alpha value is -2.08. The van der Waals surface area contributed by atoms with Crippen molar-refractivity contribution < 1.29 is 4.79 Å². The average molecular weight is 330 g/mol. The molecule has 130 valence electrons. The number of hydrogen-bond acceptors (Lipinski definition) is 3. The molecule has 2 aromatic rings. The van der Waals surface area contributed by atoms with Gasteiger partial charge in [-0.3, -0.25) is 9.59 Å². The van der Waals surface area contributed by atoms with Gasteiger partial charge in [0.25, 0.3) is 11.5 Å². The van der Waals surface area contributed by atoms with Crippen molar-refractivity contribution in [2.24, 2.45) is 7.05 Å². The van der Waals surface area contributed by atoms with Gasteiger partial charge < -0.3 is 19.4 Å². The van der Waals surface area contributed by atoms with E-state index in [1.54, 1.807) is 19.4 Å². The maximum atomic E-state index is 13.0. The first-order valence-corrected chi connectivity index (χ1v) is 8.76. The largest absolute Gasteiger partial charge is 0.357 e. The number of nitrogens with one attached hydrogen (secondary N) is 1. The fourth-order valence-electron chi connectivity index (χ4n) is 3.78. The average Bonchev–Trinajstić information content (AvgIpc) is 3.09. The summed E-state index contributed by atoms with van der Waals surface area (Å²) in [5, 5.41) is 0.717. The Morgan fingerprint density at radius 3 is 2.58 bits per heavy atom. The van der Waals surface area contributed by atoms with Gasteiger partial charge in [0.2, 0.25) is 0 Å². The number of H-pyrrole nitrogens is 1. The molecule has 0 spiro atoms. The normalized spacial score (nSPS) is 16.2. The number of carbonyl (C=O) groups excluding carboxylic acids is 1. The molecule has 1 aliphatic heterocycles. The molecule has 1 N–H and O–H groups in total. The van der Waals surface area contributed by atoms with Gasteiger partial charge in [0, 0.05) is 44.0 Å². The molecule has 3 heterocycles. The molecule has 1 aliphatic rings. The second-order valence-electron chi connectivity index (χ2n) is 6.47. The minimum Gasteiger partial charge on any atom is -0.357 e. The minimum atomic E-state index is -0.105. The summed E-state index contributed by atoms with van der Waals surface area (Å²) >= 11 is 0. The van der Waals surface area contributed by atoms with Gasteiger partial charge in [-0.2, -0.15) is 0 Å². The van der Waals surface area contributed by atoms with E-state index >= 15 is 0 Å². The maximum Gasteiger partial charge on any atom is 0.274 e. The summed E-state index contributed by atoms with van der Waals surface area (Å²) in [6.45, 7) is 8.03. The van der Waals surface area contributed by atoms with Crippen molar-refractivity contribution >= 4 is 16.8 Å². The van der Waals surface area contributed by atoms with E-state index in [-0.39, 0.29) is 11.5 Å². The Morgan fingerprint density at radius 2 is 1.96 bits per heavy atom. The van der Waals surface area contributed by atoms with Gasteiger partial charge in [-0.1, -0.05) is 13.8 Å². The van der Waals surface area contributed by atoms with E-state index in [2.05, 4.69) is 23.7 Å². The molecule has 6 heteroatoms. The Kier molecular flexibility index (Phi) is 4.76. The van der Waals surface area contributed by atoms with E-state index in [9.17, 15) is 9.59 Å². The summed E-state index contributed by atoms with van der Waals surface area (Å²) in [4.78, 5) is 32.4. The molecule has 0 radical (unpaired) electrons. The highest BCUT2D eigenvalue weighted by Gasteiger charge is 2.27. The van der Waals surface area contributed by atoms with Gasteiger partial charge in [0.15, 0.2) is 0 Å². The number of piperidine rings is 1. The number of rotatable bonds is 4. The van der Waals surface area contributed by atoms with Gasteiger partial charge in [0.1, 0.15) is 5.52 Å². The molecule has 2 aromatic heterocycles. The summed E-state index contributed by atoms with van der Waals surface area (Å²) < 4.78 is 1.48. The van der Waals surface area contributed by atoms with Crippen LogP contribution in [0.1, 0.15) is 37.0 Å². The van der Waals surface area contributed by atoms with Gasteiger partial charge in [-0.05, 0) is 32.0 Å². The zero-order chi connectivity index (χ0) is 17.3. The van der Waals surface area contributed by atoms with E-state index in [0.717, 1.165) is 39.0 Å². The first-order chi connectivity index (χ1) is 11.6. The van der Waals surface area contributed by atoms with Crippen molar-refractivity contribution in [3.63, 3.8) is 0 Å². The van der Waals surface area contributed by atoms with Crippen molar-refractivity contribution in [3.05, 3.63) is 34.4 Å². The van der Waals surface area contributed by atoms with Crippen LogP contribution in [0.25, 0.3) is 10.9 Å². The molecule has 0 unspecified atom stereocenters. The number of aromatic nitrogens is 2. The molecule has 1 saturated heterocycles. The fraction of sp³-hybridized carbons (Fsp3) is 0.556. The van der Waals surface area contributed by atoms with Crippen LogP contribution in [-0.4, -0.2) is 57.5 Å². The van der Waals surface area contributed by atoms with Crippen molar-refractivity contribution in [1.82, 2.24) is 19.4 Å². The number of aromatic amines is 1. The minimum absolute atomic E-state index is 0.0215. The predicted octanol–water partition coefficient (Wildman–Crippen LogP) is 1.81. The Balaban J connectivity index is 1.81. The Bertz CT molecular complexity index is 780. The third-order valence-corrected chi connectivity index (χ3v) is 5.21. The second kappa shape index (κ2) is 6.81. The highest BCUT2D eigenvalue weighted by Crippen LogP contribution is 2.21. The molecule has 24 heavy (non-hydrogen) atoms. The Morgan fingerprint density at radius 1 is 1.29 bits per heavy atom. The quantitative estimate of drug-likeness (QED) is 0.930. The molecule has 6 nitrogen and oxygen atoms in total. The molecular formula is C18H26N4O2. The van der Waals surface area contributed by atoms with Crippen LogP contribution in [0.2, 0.25) is 0 Å². The van der Waals surface area contributed by atoms with Crippen molar-refractivity contribution in [3.8, 4) is 0 Å². The fourth-order valence-corrected chi connectivity index (χ4v) is 3.78. The molecule has 0 atom stereocenters. The molecule has 0 aliphatic carbocycles. The third-order valence-electron chi connectivity index (χ3n) is 5.21. The van der Waals surface area contributed by atoms with Crippen LogP contribution in [0.15, 0.2) is 23.3 Å². The molecule has 1 fully saturated rings. The van der Waals surface area contributed by atoms with Gasteiger partial charge in [-0.25, -0.2) is 0 Å². The maximum absolute atomic E-state index is 13.0. The zero-order valence-corrected chi connectivity index (χ0v) is 14.7. The molecular weight excluding hydrogens is 304 g/mol. The lowest BCUT2D eigenvalue weighted by molar-refractivity contribution is 0.0632. The number of likely N-dealkylation sites (tertiary alicyclic amines) is 1. The number of amides is 1. The van der Waals surface area contributed by atoms with Crippen LogP contribution < -0.4 is 5.56 Å².